The van der Waals surface area contributed by atoms with Crippen LogP contribution in [0.15, 0.2) is 34.9 Å². The summed E-state index contributed by atoms with van der Waals surface area (Å²) in [5, 5.41) is 20.3. The van der Waals surface area contributed by atoms with E-state index in [1.54, 1.807) is 11.6 Å². The maximum atomic E-state index is 10.2. The van der Waals surface area contributed by atoms with Crippen LogP contribution in [0, 0.1) is 34.5 Å². The molecule has 4 nitrogen and oxygen atoms in total. The maximum Gasteiger partial charge on any atom is 0.192 e. The van der Waals surface area contributed by atoms with Gasteiger partial charge in [-0.25, -0.2) is 0 Å². The Morgan fingerprint density at radius 2 is 1.48 bits per heavy atom. The van der Waals surface area contributed by atoms with E-state index in [1.807, 2.05) is 13.8 Å². The second-order valence-corrected chi connectivity index (χ2v) is 28.8. The van der Waals surface area contributed by atoms with Crippen molar-refractivity contribution in [3.63, 3.8) is 0 Å². The van der Waals surface area contributed by atoms with E-state index in [0.717, 1.165) is 37.2 Å². The molecule has 6 atom stereocenters. The van der Waals surface area contributed by atoms with Crippen LogP contribution in [0.2, 0.25) is 36.3 Å². The average molecular weight is 670 g/mol. The number of fused-ring (bicyclic) bond motifs is 1. The molecule has 0 aromatic rings. The van der Waals surface area contributed by atoms with Crippen molar-refractivity contribution in [1.82, 2.24) is 0 Å². The van der Waals surface area contributed by atoms with Crippen molar-refractivity contribution in [2.75, 3.05) is 0 Å². The minimum atomic E-state index is -2.09. The van der Waals surface area contributed by atoms with E-state index in [1.165, 1.54) is 44.1 Å². The molecule has 3 unspecified atom stereocenters. The van der Waals surface area contributed by atoms with Gasteiger partial charge in [0.05, 0.1) is 23.9 Å². The monoisotopic (exact) mass is 669 g/mol. The molecular formula is C40H71NO3Si2. The van der Waals surface area contributed by atoms with Gasteiger partial charge < -0.3 is 14.0 Å². The number of nitrogens with zero attached hydrogens (tertiary/aromatic N) is 1. The van der Waals surface area contributed by atoms with Crippen molar-refractivity contribution < 1.29 is 14.0 Å². The number of hydrogen-bond acceptors (Lipinski definition) is 4. The minimum Gasteiger partial charge on any atom is -0.410 e. The van der Waals surface area contributed by atoms with Gasteiger partial charge in [-0.05, 0) is 130 Å². The van der Waals surface area contributed by atoms with Gasteiger partial charge in [-0.15, -0.1) is 0 Å². The highest BCUT2D eigenvalue weighted by molar-refractivity contribution is 6.74. The lowest BCUT2D eigenvalue weighted by molar-refractivity contribution is 0.0596. The number of nitriles is 1. The molecule has 0 heterocycles. The van der Waals surface area contributed by atoms with Crippen LogP contribution in [0.25, 0.3) is 0 Å². The summed E-state index contributed by atoms with van der Waals surface area (Å²) < 4.78 is 14.2. The van der Waals surface area contributed by atoms with E-state index in [-0.39, 0.29) is 22.3 Å². The molecule has 3 rings (SSSR count). The van der Waals surface area contributed by atoms with Crippen LogP contribution >= 0.6 is 0 Å². The molecule has 3 saturated carbocycles. The first-order chi connectivity index (χ1) is 20.9. The van der Waals surface area contributed by atoms with Crippen LogP contribution in [0.4, 0.5) is 0 Å². The first kappa shape index (κ1) is 39.5. The largest absolute Gasteiger partial charge is 0.410 e. The van der Waals surface area contributed by atoms with Gasteiger partial charge in [0.2, 0.25) is 0 Å². The van der Waals surface area contributed by atoms with E-state index >= 15 is 0 Å². The third-order valence-electron chi connectivity index (χ3n) is 13.1. The highest BCUT2D eigenvalue weighted by atomic mass is 28.4. The lowest BCUT2D eigenvalue weighted by atomic mass is 9.60. The molecule has 0 amide bonds. The lowest BCUT2D eigenvalue weighted by Gasteiger charge is -2.46. The Bertz CT molecular complexity index is 1140. The summed E-state index contributed by atoms with van der Waals surface area (Å²) >= 11 is 0. The van der Waals surface area contributed by atoms with Crippen LogP contribution in [0.3, 0.4) is 0 Å². The molecule has 0 spiro atoms. The molecule has 0 bridgehead atoms. The average Bonchev–Trinajstić information content (AvgIpc) is 3.24. The summed E-state index contributed by atoms with van der Waals surface area (Å²) in [6, 6.07) is 2.37. The molecular weight excluding hydrogens is 599 g/mol. The highest BCUT2D eigenvalue weighted by Crippen LogP contribution is 2.60. The number of allylic oxidation sites excluding steroid dienone is 4. The quantitative estimate of drug-likeness (QED) is 0.186. The van der Waals surface area contributed by atoms with E-state index in [4.69, 9.17) is 8.85 Å². The topological polar surface area (TPSA) is 62.5 Å². The van der Waals surface area contributed by atoms with Gasteiger partial charge >= 0.3 is 0 Å². The zero-order chi connectivity index (χ0) is 34.9. The molecule has 3 fully saturated rings. The summed E-state index contributed by atoms with van der Waals surface area (Å²) in [6.45, 7) is 32.0. The Labute approximate surface area is 286 Å². The van der Waals surface area contributed by atoms with Crippen molar-refractivity contribution in [3.05, 3.63) is 34.9 Å². The van der Waals surface area contributed by atoms with E-state index in [9.17, 15) is 10.4 Å². The lowest BCUT2D eigenvalue weighted by Crippen LogP contribution is -2.50. The van der Waals surface area contributed by atoms with Gasteiger partial charge in [-0.2, -0.15) is 5.26 Å². The first-order valence-corrected chi connectivity index (χ1v) is 24.3. The minimum absolute atomic E-state index is 0.0842. The molecule has 6 heteroatoms. The van der Waals surface area contributed by atoms with E-state index in [0.29, 0.717) is 17.3 Å². The van der Waals surface area contributed by atoms with Crippen LogP contribution in [0.1, 0.15) is 133 Å². The standard InChI is InChI=1S/C40H71NO3Si2/c1-29(17-15-24-39(8,9)42)33-21-22-34-31(18-16-25-40(33,34)10)20-19-30-27-35(43-45(11,12)37(2,3)4)32(23-26-41)36(28-30)44-46(13,14)38(5,6)7/h19-20,23,29,33-36,42H,15-18,21-22,24-25,27-28H2,1-14H3/b30-19?,31-20+,32-23?/t29-,33?,34?,35+,36+,40?/m0/s1. The smallest absolute Gasteiger partial charge is 0.192 e. The molecule has 262 valence electrons. The van der Waals surface area contributed by atoms with Gasteiger partial charge in [-0.3, -0.25) is 0 Å². The summed E-state index contributed by atoms with van der Waals surface area (Å²) in [5.74, 6) is 2.12. The fraction of sp³-hybridized carbons (Fsp3) is 0.825. The Kier molecular flexibility index (Phi) is 12.4. The Morgan fingerprint density at radius 3 is 1.96 bits per heavy atom. The van der Waals surface area contributed by atoms with Crippen molar-refractivity contribution in [2.45, 2.75) is 188 Å². The molecule has 0 saturated heterocycles. The fourth-order valence-electron chi connectivity index (χ4n) is 8.18. The molecule has 46 heavy (non-hydrogen) atoms. The number of aliphatic hydroxyl groups is 1. The number of hydrogen-bond donors (Lipinski definition) is 1. The predicted octanol–water partition coefficient (Wildman–Crippen LogP) is 11.7. The van der Waals surface area contributed by atoms with Gasteiger partial charge in [0, 0.05) is 6.08 Å². The first-order valence-electron chi connectivity index (χ1n) is 18.5. The van der Waals surface area contributed by atoms with Crippen molar-refractivity contribution in [1.29, 1.82) is 5.26 Å². The normalized spacial score (nSPS) is 29.8. The molecule has 1 N–H and O–H groups in total. The van der Waals surface area contributed by atoms with Crippen LogP contribution < -0.4 is 0 Å². The summed E-state index contributed by atoms with van der Waals surface area (Å²) in [6.07, 6.45) is 17.8. The van der Waals surface area contributed by atoms with Gasteiger partial charge in [0.15, 0.2) is 16.6 Å². The third-order valence-corrected chi connectivity index (χ3v) is 22.0. The zero-order valence-electron chi connectivity index (χ0n) is 32.4. The molecule has 0 aromatic carbocycles. The molecule has 3 aliphatic carbocycles. The number of rotatable bonds is 10. The van der Waals surface area contributed by atoms with Crippen LogP contribution in [-0.2, 0) is 8.85 Å². The zero-order valence-corrected chi connectivity index (χ0v) is 34.4. The summed E-state index contributed by atoms with van der Waals surface area (Å²) in [7, 11) is -4.18. The van der Waals surface area contributed by atoms with Crippen molar-refractivity contribution in [3.8, 4) is 6.07 Å². The second-order valence-electron chi connectivity index (χ2n) is 19.3. The maximum absolute atomic E-state index is 10.2. The van der Waals surface area contributed by atoms with Crippen molar-refractivity contribution >= 4 is 16.6 Å². The summed E-state index contributed by atoms with van der Waals surface area (Å²) in [5.41, 5.74) is 3.90. The molecule has 0 radical (unpaired) electrons. The summed E-state index contributed by atoms with van der Waals surface area (Å²) in [4.78, 5) is 0. The fourth-order valence-corrected chi connectivity index (χ4v) is 10.7. The van der Waals surface area contributed by atoms with Crippen LogP contribution in [0.5, 0.6) is 0 Å². The Hall–Kier alpha value is -0.976. The molecule has 0 aromatic heterocycles. The predicted molar refractivity (Wildman–Crippen MR) is 201 cm³/mol. The van der Waals surface area contributed by atoms with E-state index in [2.05, 4.69) is 99.8 Å². The highest BCUT2D eigenvalue weighted by Gasteiger charge is 2.51. The van der Waals surface area contributed by atoms with Gasteiger partial charge in [0.25, 0.3) is 0 Å². The molecule has 0 aliphatic heterocycles. The van der Waals surface area contributed by atoms with Crippen molar-refractivity contribution in [2.24, 2.45) is 23.2 Å². The SMILES string of the molecule is C[C@@H](CCCC(C)(C)O)C1CCC2/C(=C/C=C3C[C@@H](O[Si](C)(C)C(C)(C)C)C(=CC#N)[C@H](O[Si](C)(C)C(C)(C)C)C3)CCCC21C. The molecule has 3 aliphatic rings. The van der Waals surface area contributed by atoms with Gasteiger partial charge in [0.1, 0.15) is 0 Å². The Morgan fingerprint density at radius 1 is 0.935 bits per heavy atom. The Balaban J connectivity index is 1.92. The van der Waals surface area contributed by atoms with E-state index < -0.39 is 22.2 Å². The van der Waals surface area contributed by atoms with Gasteiger partial charge in [-0.1, -0.05) is 91.5 Å². The second kappa shape index (κ2) is 14.5. The third kappa shape index (κ3) is 9.38. The van der Waals surface area contributed by atoms with Crippen LogP contribution in [-0.4, -0.2) is 39.6 Å².